The van der Waals surface area contributed by atoms with Crippen LogP contribution in [0.3, 0.4) is 0 Å². The summed E-state index contributed by atoms with van der Waals surface area (Å²) in [4.78, 5) is -0.185. The molecule has 0 fully saturated rings. The normalized spacial score (nSPS) is 9.36. The summed E-state index contributed by atoms with van der Waals surface area (Å²) in [7, 11) is -1.00. The van der Waals surface area contributed by atoms with Gasteiger partial charge in [-0.2, -0.15) is 0 Å². The maximum Gasteiger partial charge on any atom is 1.00 e. The molecule has 0 aliphatic rings. The zero-order valence-corrected chi connectivity index (χ0v) is 11.2. The van der Waals surface area contributed by atoms with E-state index in [1.54, 1.807) is 20.3 Å². The molecule has 6 heteroatoms. The van der Waals surface area contributed by atoms with E-state index in [-0.39, 0.29) is 34.5 Å². The molecule has 0 radical (unpaired) electrons. The fourth-order valence-corrected chi connectivity index (χ4v) is 1.08. The van der Waals surface area contributed by atoms with Gasteiger partial charge in [-0.3, -0.25) is 0 Å². The quantitative estimate of drug-likeness (QED) is 0.405. The molecule has 0 atom stereocenters. The molecular formula is C8H11NaO4S. The van der Waals surface area contributed by atoms with Crippen molar-refractivity contribution >= 4 is 10.1 Å². The van der Waals surface area contributed by atoms with E-state index in [2.05, 4.69) is 4.74 Å². The van der Waals surface area contributed by atoms with Gasteiger partial charge in [0.1, 0.15) is 10.1 Å². The van der Waals surface area contributed by atoms with E-state index in [0.29, 0.717) is 0 Å². The first-order valence-electron chi connectivity index (χ1n) is 3.43. The molecule has 0 aromatic heterocycles. The van der Waals surface area contributed by atoms with Gasteiger partial charge in [-0.05, 0) is 12.1 Å². The first kappa shape index (κ1) is 16.5. The van der Waals surface area contributed by atoms with Gasteiger partial charge >= 0.3 is 29.6 Å². The molecule has 0 aliphatic heterocycles. The average molecular weight is 226 g/mol. The molecule has 0 N–H and O–H groups in total. The second-order valence-corrected chi connectivity index (χ2v) is 3.56. The Kier molecular flexibility index (Phi) is 9.91. The number of hydrogen-bond donors (Lipinski definition) is 0. The number of rotatable bonds is 1. The van der Waals surface area contributed by atoms with Crippen molar-refractivity contribution in [2.24, 2.45) is 0 Å². The van der Waals surface area contributed by atoms with E-state index in [9.17, 15) is 13.0 Å². The van der Waals surface area contributed by atoms with E-state index in [1.807, 2.05) is 0 Å². The molecule has 1 aromatic rings. The summed E-state index contributed by atoms with van der Waals surface area (Å²) >= 11 is 0. The second-order valence-electron chi connectivity index (χ2n) is 2.18. The van der Waals surface area contributed by atoms with Crippen LogP contribution in [0, 0.1) is 0 Å². The van der Waals surface area contributed by atoms with Crippen LogP contribution in [0.2, 0.25) is 0 Å². The van der Waals surface area contributed by atoms with E-state index in [1.165, 1.54) is 24.3 Å². The molecule has 0 saturated heterocycles. The van der Waals surface area contributed by atoms with Crippen LogP contribution in [0.4, 0.5) is 0 Å². The van der Waals surface area contributed by atoms with Gasteiger partial charge in [0, 0.05) is 14.2 Å². The third kappa shape index (κ3) is 7.49. The van der Waals surface area contributed by atoms with Gasteiger partial charge in [0.15, 0.2) is 0 Å². The molecule has 0 amide bonds. The molecule has 0 saturated carbocycles. The van der Waals surface area contributed by atoms with Gasteiger partial charge in [0.25, 0.3) is 0 Å². The molecule has 0 heterocycles. The minimum absolute atomic E-state index is 0. The molecule has 1 aromatic carbocycles. The van der Waals surface area contributed by atoms with Gasteiger partial charge in [-0.1, -0.05) is 18.2 Å². The van der Waals surface area contributed by atoms with Crippen molar-refractivity contribution in [1.29, 1.82) is 0 Å². The minimum Gasteiger partial charge on any atom is -0.744 e. The van der Waals surface area contributed by atoms with Gasteiger partial charge in [-0.15, -0.1) is 0 Å². The van der Waals surface area contributed by atoms with E-state index in [4.69, 9.17) is 0 Å². The van der Waals surface area contributed by atoms with E-state index in [0.717, 1.165) is 0 Å². The molecule has 0 unspecified atom stereocenters. The number of benzene rings is 1. The zero-order valence-electron chi connectivity index (χ0n) is 8.43. The standard InChI is InChI=1S/C6H6O3S.C2H6O.Na/c7-10(8,9)6-4-2-1-3-5-6;1-3-2;/h1-5H,(H,7,8,9);1-2H3;/q;;+1/p-1. The third-order valence-corrected chi connectivity index (χ3v) is 1.88. The van der Waals surface area contributed by atoms with Gasteiger partial charge in [0.05, 0.1) is 4.90 Å². The van der Waals surface area contributed by atoms with Crippen molar-refractivity contribution in [3.05, 3.63) is 30.3 Å². The van der Waals surface area contributed by atoms with Crippen LogP contribution in [-0.2, 0) is 14.9 Å². The van der Waals surface area contributed by atoms with Crippen LogP contribution in [-0.4, -0.2) is 27.2 Å². The Bertz CT molecular complexity index is 322. The Balaban J connectivity index is 0. The molecule has 14 heavy (non-hydrogen) atoms. The molecule has 1 rings (SSSR count). The number of ether oxygens (including phenoxy) is 1. The van der Waals surface area contributed by atoms with Crippen molar-refractivity contribution in [2.75, 3.05) is 14.2 Å². The monoisotopic (exact) mass is 226 g/mol. The number of methoxy groups -OCH3 is 1. The Morgan fingerprint density at radius 2 is 1.50 bits per heavy atom. The SMILES string of the molecule is COC.O=S(=O)([O-])c1ccccc1.[Na+]. The van der Waals surface area contributed by atoms with Crippen molar-refractivity contribution < 1.29 is 47.3 Å². The van der Waals surface area contributed by atoms with Crippen LogP contribution < -0.4 is 29.6 Å². The minimum atomic E-state index is -4.25. The average Bonchev–Trinajstić information content (AvgIpc) is 2.06. The summed E-state index contributed by atoms with van der Waals surface area (Å²) in [6.45, 7) is 0. The van der Waals surface area contributed by atoms with Gasteiger partial charge < -0.3 is 9.29 Å². The number of hydrogen-bond acceptors (Lipinski definition) is 4. The second kappa shape index (κ2) is 8.40. The summed E-state index contributed by atoms with van der Waals surface area (Å²) in [6.07, 6.45) is 0. The summed E-state index contributed by atoms with van der Waals surface area (Å²) < 4.78 is 35.1. The van der Waals surface area contributed by atoms with Crippen molar-refractivity contribution in [3.63, 3.8) is 0 Å². The maximum absolute atomic E-state index is 10.3. The summed E-state index contributed by atoms with van der Waals surface area (Å²) in [6, 6.07) is 7.19. The van der Waals surface area contributed by atoms with E-state index < -0.39 is 10.1 Å². The fraction of sp³-hybridized carbons (Fsp3) is 0.250. The zero-order chi connectivity index (χ0) is 10.3. The molecule has 4 nitrogen and oxygen atoms in total. The van der Waals surface area contributed by atoms with E-state index >= 15 is 0 Å². The smallest absolute Gasteiger partial charge is 0.744 e. The van der Waals surface area contributed by atoms with Crippen molar-refractivity contribution in [2.45, 2.75) is 4.90 Å². The van der Waals surface area contributed by atoms with Gasteiger partial charge in [0.2, 0.25) is 0 Å². The molecular weight excluding hydrogens is 215 g/mol. The summed E-state index contributed by atoms with van der Waals surface area (Å²) in [5.41, 5.74) is 0. The van der Waals surface area contributed by atoms with Crippen LogP contribution in [0.15, 0.2) is 35.2 Å². The van der Waals surface area contributed by atoms with Gasteiger partial charge in [-0.25, -0.2) is 8.42 Å². The Labute approximate surface area is 106 Å². The van der Waals surface area contributed by atoms with Crippen LogP contribution >= 0.6 is 0 Å². The molecule has 74 valence electrons. The van der Waals surface area contributed by atoms with Crippen LogP contribution in [0.25, 0.3) is 0 Å². The molecule has 0 spiro atoms. The van der Waals surface area contributed by atoms with Crippen LogP contribution in [0.5, 0.6) is 0 Å². The maximum atomic E-state index is 10.3. The topological polar surface area (TPSA) is 66.4 Å². The molecule has 0 bridgehead atoms. The predicted molar refractivity (Wildman–Crippen MR) is 47.3 cm³/mol. The first-order valence-corrected chi connectivity index (χ1v) is 4.84. The summed E-state index contributed by atoms with van der Waals surface area (Å²) in [5.74, 6) is 0. The third-order valence-electron chi connectivity index (χ3n) is 1.03. The first-order chi connectivity index (χ1) is 6.02. The Morgan fingerprint density at radius 1 is 1.14 bits per heavy atom. The fourth-order valence-electron chi connectivity index (χ4n) is 0.587. The predicted octanol–water partition coefficient (Wildman–Crippen LogP) is -2.14. The Hall–Kier alpha value is 0.0900. The van der Waals surface area contributed by atoms with Crippen LogP contribution in [0.1, 0.15) is 0 Å². The Morgan fingerprint density at radius 3 is 1.71 bits per heavy atom. The van der Waals surface area contributed by atoms with Crippen molar-refractivity contribution in [1.82, 2.24) is 0 Å². The molecule has 0 aliphatic carbocycles. The van der Waals surface area contributed by atoms with Crippen molar-refractivity contribution in [3.8, 4) is 0 Å². The summed E-state index contributed by atoms with van der Waals surface area (Å²) in [5, 5.41) is 0. The largest absolute Gasteiger partial charge is 1.00 e.